The summed E-state index contributed by atoms with van der Waals surface area (Å²) in [6.45, 7) is 0. The lowest BCUT2D eigenvalue weighted by Gasteiger charge is -2.57. The highest BCUT2D eigenvalue weighted by molar-refractivity contribution is 6.10. The van der Waals surface area contributed by atoms with Gasteiger partial charge in [0.25, 0.3) is 0 Å². The highest BCUT2D eigenvalue weighted by Gasteiger charge is 2.51. The van der Waals surface area contributed by atoms with Crippen molar-refractivity contribution in [3.63, 3.8) is 0 Å². The van der Waals surface area contributed by atoms with Crippen LogP contribution in [-0.4, -0.2) is 4.57 Å². The smallest absolute Gasteiger partial charge is 0.0541 e. The van der Waals surface area contributed by atoms with Crippen LogP contribution in [0.15, 0.2) is 212 Å². The zero-order chi connectivity index (χ0) is 42.2. The molecule has 4 aliphatic carbocycles. The zero-order valence-electron chi connectivity index (χ0n) is 36.1. The molecule has 0 saturated heterocycles. The Morgan fingerprint density at radius 1 is 0.391 bits per heavy atom. The van der Waals surface area contributed by atoms with Crippen LogP contribution in [0.3, 0.4) is 0 Å². The molecule has 0 aliphatic heterocycles. The number of benzene rings is 9. The summed E-state index contributed by atoms with van der Waals surface area (Å²) in [5.74, 6) is 2.84. The molecule has 1 aromatic heterocycles. The van der Waals surface area contributed by atoms with Crippen LogP contribution < -0.4 is 4.90 Å². The molecule has 1 heterocycles. The summed E-state index contributed by atoms with van der Waals surface area (Å²) < 4.78 is 2.40. The molecule has 0 N–H and O–H groups in total. The fraction of sp³-hybridized carbons (Fsp3) is 0.161. The second-order valence-corrected chi connectivity index (χ2v) is 19.1. The van der Waals surface area contributed by atoms with Crippen molar-refractivity contribution in [1.29, 1.82) is 0 Å². The molecule has 4 fully saturated rings. The molecular formula is C62H50N2. The topological polar surface area (TPSA) is 8.17 Å². The molecule has 0 amide bonds. The Bertz CT molecular complexity index is 3240. The molecular weight excluding hydrogens is 773 g/mol. The van der Waals surface area contributed by atoms with Gasteiger partial charge in [-0.3, -0.25) is 0 Å². The van der Waals surface area contributed by atoms with Gasteiger partial charge in [-0.15, -0.1) is 0 Å². The molecule has 4 aliphatic rings. The maximum absolute atomic E-state index is 2.48. The Labute approximate surface area is 376 Å². The quantitative estimate of drug-likeness (QED) is 0.148. The molecule has 14 rings (SSSR count). The number of para-hydroxylation sites is 3. The molecule has 4 saturated carbocycles. The molecule has 0 atom stereocenters. The summed E-state index contributed by atoms with van der Waals surface area (Å²) in [5, 5.41) is 5.03. The van der Waals surface area contributed by atoms with Gasteiger partial charge in [-0.1, -0.05) is 158 Å². The van der Waals surface area contributed by atoms with Gasteiger partial charge in [0.2, 0.25) is 0 Å². The number of nitrogens with zero attached hydrogens (tertiary/aromatic N) is 2. The third-order valence-electron chi connectivity index (χ3n) is 15.4. The molecule has 4 bridgehead atoms. The molecule has 64 heavy (non-hydrogen) atoms. The van der Waals surface area contributed by atoms with Gasteiger partial charge in [0, 0.05) is 33.4 Å². The van der Waals surface area contributed by atoms with Gasteiger partial charge >= 0.3 is 0 Å². The zero-order valence-corrected chi connectivity index (χ0v) is 36.1. The Morgan fingerprint density at radius 2 is 0.891 bits per heavy atom. The average molecular weight is 823 g/mol. The lowest BCUT2D eigenvalue weighted by molar-refractivity contribution is -0.00518. The lowest BCUT2D eigenvalue weighted by atomic mass is 9.48. The summed E-state index contributed by atoms with van der Waals surface area (Å²) in [6, 6.07) is 78.9. The van der Waals surface area contributed by atoms with Gasteiger partial charge in [0.1, 0.15) is 0 Å². The van der Waals surface area contributed by atoms with E-state index in [1.807, 2.05) is 0 Å². The van der Waals surface area contributed by atoms with E-state index in [9.17, 15) is 0 Å². The summed E-state index contributed by atoms with van der Waals surface area (Å²) in [7, 11) is 0. The Balaban J connectivity index is 0.928. The van der Waals surface area contributed by atoms with Crippen LogP contribution in [0.4, 0.5) is 17.1 Å². The summed E-state index contributed by atoms with van der Waals surface area (Å²) in [4.78, 5) is 2.45. The molecule has 2 heteroatoms. The normalized spacial score (nSPS) is 20.0. The van der Waals surface area contributed by atoms with Gasteiger partial charge in [-0.25, -0.2) is 0 Å². The number of hydrogen-bond donors (Lipinski definition) is 0. The number of aromatic nitrogens is 1. The van der Waals surface area contributed by atoms with E-state index in [2.05, 4.69) is 222 Å². The minimum atomic E-state index is 0.411. The van der Waals surface area contributed by atoms with Gasteiger partial charge in [-0.05, 0) is 160 Å². The summed E-state index contributed by atoms with van der Waals surface area (Å²) >= 11 is 0. The van der Waals surface area contributed by atoms with Gasteiger partial charge in [0.05, 0.1) is 16.7 Å². The van der Waals surface area contributed by atoms with Crippen molar-refractivity contribution in [3.05, 3.63) is 218 Å². The summed E-state index contributed by atoms with van der Waals surface area (Å²) in [5.41, 5.74) is 16.3. The maximum Gasteiger partial charge on any atom is 0.0541 e. The first-order valence-corrected chi connectivity index (χ1v) is 23.4. The number of hydrogen-bond acceptors (Lipinski definition) is 1. The van der Waals surface area contributed by atoms with Crippen LogP contribution in [-0.2, 0) is 5.41 Å². The minimum absolute atomic E-state index is 0.411. The lowest BCUT2D eigenvalue weighted by Crippen LogP contribution is -2.48. The van der Waals surface area contributed by atoms with Gasteiger partial charge in [-0.2, -0.15) is 0 Å². The Hall–Kier alpha value is -7.16. The standard InChI is InChI=1S/C62H50N2/c1-2-12-47(13-3-1)53-19-10-14-48-15-11-20-57(61(48)53)56-18-6-7-21-58(56)63(51-32-34-52(35-33-51)64-59-22-8-4-16-54(59)55-17-5-9-23-60(55)64)50-30-26-46(27-31-50)45-24-28-49(29-25-45)62-39-42-36-43(40-62)38-44(37-42)41-62/h1-35,42-44H,36-41H2. The van der Waals surface area contributed by atoms with Crippen LogP contribution in [0.1, 0.15) is 44.1 Å². The van der Waals surface area contributed by atoms with Crippen LogP contribution in [0, 0.1) is 17.8 Å². The van der Waals surface area contributed by atoms with E-state index in [0.717, 1.165) is 40.5 Å². The third kappa shape index (κ3) is 6.14. The van der Waals surface area contributed by atoms with Gasteiger partial charge < -0.3 is 9.47 Å². The highest BCUT2D eigenvalue weighted by Crippen LogP contribution is 2.61. The predicted molar refractivity (Wildman–Crippen MR) is 269 cm³/mol. The van der Waals surface area contributed by atoms with E-state index in [0.29, 0.717) is 5.41 Å². The van der Waals surface area contributed by atoms with Gasteiger partial charge in [0.15, 0.2) is 0 Å². The van der Waals surface area contributed by atoms with Crippen molar-refractivity contribution in [1.82, 2.24) is 4.57 Å². The van der Waals surface area contributed by atoms with Crippen molar-refractivity contribution in [2.75, 3.05) is 4.90 Å². The first-order valence-electron chi connectivity index (χ1n) is 23.4. The average Bonchev–Trinajstić information content (AvgIpc) is 3.69. The first kappa shape index (κ1) is 37.4. The Morgan fingerprint density at radius 3 is 1.52 bits per heavy atom. The monoisotopic (exact) mass is 822 g/mol. The van der Waals surface area contributed by atoms with Crippen molar-refractivity contribution in [2.24, 2.45) is 17.8 Å². The molecule has 2 nitrogen and oxygen atoms in total. The molecule has 308 valence electrons. The third-order valence-corrected chi connectivity index (χ3v) is 15.4. The van der Waals surface area contributed by atoms with E-state index in [-0.39, 0.29) is 0 Å². The first-order chi connectivity index (χ1) is 31.7. The fourth-order valence-corrected chi connectivity index (χ4v) is 13.0. The van der Waals surface area contributed by atoms with E-state index >= 15 is 0 Å². The van der Waals surface area contributed by atoms with Crippen LogP contribution in [0.2, 0.25) is 0 Å². The minimum Gasteiger partial charge on any atom is -0.310 e. The second-order valence-electron chi connectivity index (χ2n) is 19.1. The molecule has 0 radical (unpaired) electrons. The largest absolute Gasteiger partial charge is 0.310 e. The second kappa shape index (κ2) is 15.0. The molecule has 10 aromatic rings. The SMILES string of the molecule is c1ccc(-c2cccc3cccc(-c4ccccc4N(c4ccc(-c5ccc(C67CC8CC(CC(C8)C6)C7)cc5)cc4)c4ccc(-n5c6ccccc6c6ccccc65)cc4)c23)cc1. The van der Waals surface area contributed by atoms with Crippen LogP contribution in [0.5, 0.6) is 0 Å². The Kier molecular flexibility index (Phi) is 8.76. The summed E-state index contributed by atoms with van der Waals surface area (Å²) in [6.07, 6.45) is 8.64. The van der Waals surface area contributed by atoms with E-state index in [1.165, 1.54) is 104 Å². The van der Waals surface area contributed by atoms with Crippen LogP contribution in [0.25, 0.3) is 71.6 Å². The van der Waals surface area contributed by atoms with Crippen molar-refractivity contribution < 1.29 is 0 Å². The maximum atomic E-state index is 2.48. The number of fused-ring (bicyclic) bond motifs is 4. The molecule has 9 aromatic carbocycles. The van der Waals surface area contributed by atoms with E-state index in [1.54, 1.807) is 5.56 Å². The predicted octanol–water partition coefficient (Wildman–Crippen LogP) is 16.9. The van der Waals surface area contributed by atoms with Crippen molar-refractivity contribution in [3.8, 4) is 39.1 Å². The molecule has 0 unspecified atom stereocenters. The van der Waals surface area contributed by atoms with Crippen molar-refractivity contribution in [2.45, 2.75) is 43.9 Å². The molecule has 0 spiro atoms. The number of anilines is 3. The fourth-order valence-electron chi connectivity index (χ4n) is 13.0. The number of rotatable bonds is 8. The van der Waals surface area contributed by atoms with E-state index < -0.39 is 0 Å². The van der Waals surface area contributed by atoms with Crippen LogP contribution >= 0.6 is 0 Å². The highest BCUT2D eigenvalue weighted by atomic mass is 15.1. The van der Waals surface area contributed by atoms with Crippen molar-refractivity contribution >= 4 is 49.6 Å². The van der Waals surface area contributed by atoms with E-state index in [4.69, 9.17) is 0 Å².